The van der Waals surface area contributed by atoms with Crippen molar-refractivity contribution in [3.63, 3.8) is 0 Å². The standard InChI is InChI=1S/C14H15N3O2S/c18-14(7-11-3-6-20-9-11)17-5-2-12(8-17)19-13-1-4-15-10-16-13/h1,3-4,6,9-10,12H,2,5,7-8H2. The lowest BCUT2D eigenvalue weighted by atomic mass is 10.2. The lowest BCUT2D eigenvalue weighted by molar-refractivity contribution is -0.129. The highest BCUT2D eigenvalue weighted by Gasteiger charge is 2.27. The van der Waals surface area contributed by atoms with Crippen LogP contribution in [0, 0.1) is 0 Å². The molecule has 1 unspecified atom stereocenters. The number of carbonyl (C=O) groups excluding carboxylic acids is 1. The Labute approximate surface area is 121 Å². The summed E-state index contributed by atoms with van der Waals surface area (Å²) in [5, 5.41) is 4.01. The molecule has 0 radical (unpaired) electrons. The van der Waals surface area contributed by atoms with Gasteiger partial charge in [-0.05, 0) is 22.4 Å². The van der Waals surface area contributed by atoms with E-state index in [1.807, 2.05) is 21.7 Å². The lowest BCUT2D eigenvalue weighted by Gasteiger charge is -2.16. The van der Waals surface area contributed by atoms with Crippen LogP contribution in [0.25, 0.3) is 0 Å². The highest BCUT2D eigenvalue weighted by molar-refractivity contribution is 7.07. The number of hydrogen-bond acceptors (Lipinski definition) is 5. The van der Waals surface area contributed by atoms with Crippen LogP contribution in [0.3, 0.4) is 0 Å². The molecule has 1 atom stereocenters. The van der Waals surface area contributed by atoms with Crippen LogP contribution in [0.4, 0.5) is 0 Å². The van der Waals surface area contributed by atoms with Gasteiger partial charge in [-0.3, -0.25) is 4.79 Å². The maximum absolute atomic E-state index is 12.2. The van der Waals surface area contributed by atoms with Crippen molar-refractivity contribution in [1.29, 1.82) is 0 Å². The minimum Gasteiger partial charge on any atom is -0.472 e. The molecule has 2 aromatic rings. The number of hydrogen-bond donors (Lipinski definition) is 0. The second-order valence-electron chi connectivity index (χ2n) is 4.72. The Hall–Kier alpha value is -1.95. The summed E-state index contributed by atoms with van der Waals surface area (Å²) < 4.78 is 5.75. The molecule has 1 fully saturated rings. The largest absolute Gasteiger partial charge is 0.472 e. The second-order valence-corrected chi connectivity index (χ2v) is 5.50. The first kappa shape index (κ1) is 13.1. The Kier molecular flexibility index (Phi) is 3.92. The number of amides is 1. The van der Waals surface area contributed by atoms with Crippen molar-refractivity contribution in [2.24, 2.45) is 0 Å². The summed E-state index contributed by atoms with van der Waals surface area (Å²) in [6, 6.07) is 3.73. The highest BCUT2D eigenvalue weighted by atomic mass is 32.1. The summed E-state index contributed by atoms with van der Waals surface area (Å²) in [7, 11) is 0. The number of aromatic nitrogens is 2. The zero-order chi connectivity index (χ0) is 13.8. The Morgan fingerprint density at radius 2 is 2.45 bits per heavy atom. The van der Waals surface area contributed by atoms with E-state index in [0.29, 0.717) is 18.8 Å². The first-order chi connectivity index (χ1) is 9.81. The van der Waals surface area contributed by atoms with Crippen LogP contribution in [-0.4, -0.2) is 40.0 Å². The van der Waals surface area contributed by atoms with Gasteiger partial charge in [-0.2, -0.15) is 11.3 Å². The van der Waals surface area contributed by atoms with E-state index in [9.17, 15) is 4.79 Å². The topological polar surface area (TPSA) is 55.3 Å². The fourth-order valence-electron chi connectivity index (χ4n) is 2.25. The van der Waals surface area contributed by atoms with Gasteiger partial charge in [-0.25, -0.2) is 9.97 Å². The van der Waals surface area contributed by atoms with E-state index in [1.54, 1.807) is 23.6 Å². The Balaban J connectivity index is 1.53. The van der Waals surface area contributed by atoms with Crippen molar-refractivity contribution in [2.45, 2.75) is 18.9 Å². The molecule has 6 heteroatoms. The second kappa shape index (κ2) is 6.00. The van der Waals surface area contributed by atoms with Crippen LogP contribution in [0.1, 0.15) is 12.0 Å². The van der Waals surface area contributed by atoms with Gasteiger partial charge in [0.2, 0.25) is 11.8 Å². The molecule has 1 amide bonds. The van der Waals surface area contributed by atoms with Gasteiger partial charge in [0, 0.05) is 25.2 Å². The van der Waals surface area contributed by atoms with E-state index < -0.39 is 0 Å². The first-order valence-corrected chi connectivity index (χ1v) is 7.47. The molecule has 2 aromatic heterocycles. The molecule has 3 heterocycles. The molecule has 20 heavy (non-hydrogen) atoms. The highest BCUT2D eigenvalue weighted by Crippen LogP contribution is 2.17. The molecule has 0 aromatic carbocycles. The molecular formula is C14H15N3O2S. The molecule has 104 valence electrons. The zero-order valence-corrected chi connectivity index (χ0v) is 11.8. The lowest BCUT2D eigenvalue weighted by Crippen LogP contribution is -2.32. The van der Waals surface area contributed by atoms with E-state index in [0.717, 1.165) is 18.5 Å². The molecule has 0 N–H and O–H groups in total. The Bertz CT molecular complexity index is 559. The van der Waals surface area contributed by atoms with Gasteiger partial charge in [0.1, 0.15) is 12.4 Å². The van der Waals surface area contributed by atoms with Gasteiger partial charge in [0.25, 0.3) is 0 Å². The van der Waals surface area contributed by atoms with E-state index in [1.165, 1.54) is 6.33 Å². The van der Waals surface area contributed by atoms with Gasteiger partial charge in [-0.1, -0.05) is 0 Å². The van der Waals surface area contributed by atoms with Gasteiger partial charge >= 0.3 is 0 Å². The fourth-order valence-corrected chi connectivity index (χ4v) is 2.92. The van der Waals surface area contributed by atoms with Gasteiger partial charge < -0.3 is 9.64 Å². The summed E-state index contributed by atoms with van der Waals surface area (Å²) in [6.07, 6.45) is 4.46. The van der Waals surface area contributed by atoms with Crippen molar-refractivity contribution in [2.75, 3.05) is 13.1 Å². The van der Waals surface area contributed by atoms with Gasteiger partial charge in [-0.15, -0.1) is 0 Å². The Morgan fingerprint density at radius 3 is 3.20 bits per heavy atom. The number of ether oxygens (including phenoxy) is 1. The SMILES string of the molecule is O=C(Cc1ccsc1)N1CCC(Oc2ccncn2)C1. The van der Waals surface area contributed by atoms with Crippen molar-refractivity contribution in [1.82, 2.24) is 14.9 Å². The van der Waals surface area contributed by atoms with E-state index >= 15 is 0 Å². The molecule has 0 saturated carbocycles. The summed E-state index contributed by atoms with van der Waals surface area (Å²) in [6.45, 7) is 1.38. The van der Waals surface area contributed by atoms with Gasteiger partial charge in [0.15, 0.2) is 0 Å². The van der Waals surface area contributed by atoms with E-state index in [-0.39, 0.29) is 12.0 Å². The number of likely N-dealkylation sites (tertiary alicyclic amines) is 1. The molecule has 0 bridgehead atoms. The molecule has 1 saturated heterocycles. The number of nitrogens with zero attached hydrogens (tertiary/aromatic N) is 3. The average molecular weight is 289 g/mol. The first-order valence-electron chi connectivity index (χ1n) is 6.53. The minimum absolute atomic E-state index is 0.0244. The van der Waals surface area contributed by atoms with Crippen molar-refractivity contribution >= 4 is 17.2 Å². The third-order valence-corrected chi connectivity index (χ3v) is 4.01. The van der Waals surface area contributed by atoms with Crippen LogP contribution >= 0.6 is 11.3 Å². The van der Waals surface area contributed by atoms with Gasteiger partial charge in [0.05, 0.1) is 13.0 Å². The van der Waals surface area contributed by atoms with E-state index in [2.05, 4.69) is 9.97 Å². The van der Waals surface area contributed by atoms with Crippen molar-refractivity contribution in [3.8, 4) is 5.88 Å². The van der Waals surface area contributed by atoms with Crippen LogP contribution in [-0.2, 0) is 11.2 Å². The fraction of sp³-hybridized carbons (Fsp3) is 0.357. The van der Waals surface area contributed by atoms with Crippen LogP contribution in [0.5, 0.6) is 5.88 Å². The predicted molar refractivity (Wildman–Crippen MR) is 75.7 cm³/mol. The maximum Gasteiger partial charge on any atom is 0.227 e. The van der Waals surface area contributed by atoms with Crippen molar-refractivity contribution in [3.05, 3.63) is 41.0 Å². The molecule has 3 rings (SSSR count). The summed E-state index contributed by atoms with van der Waals surface area (Å²) in [4.78, 5) is 21.9. The normalized spacial score (nSPS) is 18.2. The summed E-state index contributed by atoms with van der Waals surface area (Å²) in [5.41, 5.74) is 1.08. The molecule has 1 aliphatic rings. The molecule has 0 aliphatic carbocycles. The number of carbonyl (C=O) groups is 1. The average Bonchev–Trinajstić information content (AvgIpc) is 3.11. The summed E-state index contributed by atoms with van der Waals surface area (Å²) in [5.74, 6) is 0.731. The van der Waals surface area contributed by atoms with Crippen LogP contribution in [0.2, 0.25) is 0 Å². The molecule has 0 spiro atoms. The third kappa shape index (κ3) is 3.14. The third-order valence-electron chi connectivity index (χ3n) is 3.28. The Morgan fingerprint density at radius 1 is 1.50 bits per heavy atom. The van der Waals surface area contributed by atoms with Crippen molar-refractivity contribution < 1.29 is 9.53 Å². The number of thiophene rings is 1. The summed E-state index contributed by atoms with van der Waals surface area (Å²) >= 11 is 1.62. The maximum atomic E-state index is 12.2. The van der Waals surface area contributed by atoms with Crippen LogP contribution in [0.15, 0.2) is 35.4 Å². The predicted octanol–water partition coefficient (Wildman–Crippen LogP) is 1.76. The number of rotatable bonds is 4. The monoisotopic (exact) mass is 289 g/mol. The quantitative estimate of drug-likeness (QED) is 0.860. The molecule has 1 aliphatic heterocycles. The smallest absolute Gasteiger partial charge is 0.227 e. The minimum atomic E-state index is 0.0244. The van der Waals surface area contributed by atoms with E-state index in [4.69, 9.17) is 4.74 Å². The molecule has 5 nitrogen and oxygen atoms in total. The van der Waals surface area contributed by atoms with Crippen LogP contribution < -0.4 is 4.74 Å². The zero-order valence-electron chi connectivity index (χ0n) is 10.9. The molecular weight excluding hydrogens is 274 g/mol.